The van der Waals surface area contributed by atoms with Gasteiger partial charge < -0.3 is 5.32 Å². The number of benzene rings is 1. The molecular formula is C16H24N4. The molecule has 0 fully saturated rings. The van der Waals surface area contributed by atoms with E-state index < -0.39 is 0 Å². The molecule has 2 rings (SSSR count). The van der Waals surface area contributed by atoms with Crippen LogP contribution in [0.25, 0.3) is 0 Å². The molecule has 0 aliphatic heterocycles. The summed E-state index contributed by atoms with van der Waals surface area (Å²) in [5, 5.41) is 7.71. The van der Waals surface area contributed by atoms with Crippen LogP contribution in [0.3, 0.4) is 0 Å². The SMILES string of the molecule is CCNC(Cc1cc(C)ccc1C)Cc1ncnn1C. The molecule has 0 aliphatic carbocycles. The lowest BCUT2D eigenvalue weighted by Gasteiger charge is -2.19. The summed E-state index contributed by atoms with van der Waals surface area (Å²) < 4.78 is 1.85. The first-order valence-electron chi connectivity index (χ1n) is 7.22. The van der Waals surface area contributed by atoms with E-state index in [-0.39, 0.29) is 0 Å². The Morgan fingerprint density at radius 2 is 2.05 bits per heavy atom. The third kappa shape index (κ3) is 3.67. The summed E-state index contributed by atoms with van der Waals surface area (Å²) in [7, 11) is 1.95. The zero-order valence-electron chi connectivity index (χ0n) is 12.8. The van der Waals surface area contributed by atoms with Crippen molar-refractivity contribution in [3.8, 4) is 0 Å². The lowest BCUT2D eigenvalue weighted by molar-refractivity contribution is 0.498. The zero-order chi connectivity index (χ0) is 14.5. The van der Waals surface area contributed by atoms with Gasteiger partial charge in [0.2, 0.25) is 0 Å². The quantitative estimate of drug-likeness (QED) is 0.876. The molecule has 0 bridgehead atoms. The summed E-state index contributed by atoms with van der Waals surface area (Å²) >= 11 is 0. The molecule has 0 spiro atoms. The van der Waals surface area contributed by atoms with Crippen molar-refractivity contribution in [3.05, 3.63) is 47.0 Å². The van der Waals surface area contributed by atoms with E-state index in [0.717, 1.165) is 25.2 Å². The topological polar surface area (TPSA) is 42.7 Å². The van der Waals surface area contributed by atoms with Gasteiger partial charge in [0.15, 0.2) is 0 Å². The average Bonchev–Trinajstić information content (AvgIpc) is 2.80. The summed E-state index contributed by atoms with van der Waals surface area (Å²) in [5.41, 5.74) is 4.09. The molecule has 4 heteroatoms. The Labute approximate surface area is 121 Å². The summed E-state index contributed by atoms with van der Waals surface area (Å²) in [6.45, 7) is 7.44. The molecule has 1 heterocycles. The minimum atomic E-state index is 0.392. The second-order valence-electron chi connectivity index (χ2n) is 5.39. The number of hydrogen-bond donors (Lipinski definition) is 1. The second-order valence-corrected chi connectivity index (χ2v) is 5.39. The van der Waals surface area contributed by atoms with Crippen molar-refractivity contribution in [3.63, 3.8) is 0 Å². The van der Waals surface area contributed by atoms with Crippen molar-refractivity contribution < 1.29 is 0 Å². The molecule has 0 aliphatic rings. The van der Waals surface area contributed by atoms with Gasteiger partial charge in [0.05, 0.1) is 0 Å². The number of hydrogen-bond acceptors (Lipinski definition) is 3. The van der Waals surface area contributed by atoms with Crippen molar-refractivity contribution in [2.75, 3.05) is 6.54 Å². The van der Waals surface area contributed by atoms with Gasteiger partial charge in [0, 0.05) is 19.5 Å². The van der Waals surface area contributed by atoms with Gasteiger partial charge >= 0.3 is 0 Å². The van der Waals surface area contributed by atoms with Crippen molar-refractivity contribution in [1.82, 2.24) is 20.1 Å². The Morgan fingerprint density at radius 1 is 1.25 bits per heavy atom. The van der Waals surface area contributed by atoms with Gasteiger partial charge in [-0.2, -0.15) is 5.10 Å². The van der Waals surface area contributed by atoms with Crippen LogP contribution in [0.2, 0.25) is 0 Å². The van der Waals surface area contributed by atoms with E-state index in [1.165, 1.54) is 16.7 Å². The van der Waals surface area contributed by atoms with Crippen molar-refractivity contribution >= 4 is 0 Å². The van der Waals surface area contributed by atoms with Crippen LogP contribution < -0.4 is 5.32 Å². The van der Waals surface area contributed by atoms with Gasteiger partial charge in [-0.05, 0) is 37.9 Å². The number of likely N-dealkylation sites (N-methyl/N-ethyl adjacent to an activating group) is 1. The summed E-state index contributed by atoms with van der Waals surface area (Å²) in [4.78, 5) is 4.33. The van der Waals surface area contributed by atoms with E-state index >= 15 is 0 Å². The third-order valence-corrected chi connectivity index (χ3v) is 3.70. The molecule has 0 radical (unpaired) electrons. The minimum Gasteiger partial charge on any atom is -0.313 e. The first-order valence-corrected chi connectivity index (χ1v) is 7.22. The zero-order valence-corrected chi connectivity index (χ0v) is 12.8. The van der Waals surface area contributed by atoms with Crippen LogP contribution in [0, 0.1) is 13.8 Å². The smallest absolute Gasteiger partial charge is 0.138 e. The molecule has 1 N–H and O–H groups in total. The number of aryl methyl sites for hydroxylation is 3. The maximum Gasteiger partial charge on any atom is 0.138 e. The van der Waals surface area contributed by atoms with Gasteiger partial charge in [0.25, 0.3) is 0 Å². The number of rotatable bonds is 6. The monoisotopic (exact) mass is 272 g/mol. The first-order chi connectivity index (χ1) is 9.60. The molecule has 2 aromatic rings. The van der Waals surface area contributed by atoms with E-state index in [1.807, 2.05) is 11.7 Å². The van der Waals surface area contributed by atoms with E-state index in [9.17, 15) is 0 Å². The molecule has 1 unspecified atom stereocenters. The third-order valence-electron chi connectivity index (χ3n) is 3.70. The molecule has 1 atom stereocenters. The van der Waals surface area contributed by atoms with Crippen molar-refractivity contribution in [2.45, 2.75) is 39.7 Å². The van der Waals surface area contributed by atoms with Crippen LogP contribution in [-0.2, 0) is 19.9 Å². The lowest BCUT2D eigenvalue weighted by atomic mass is 9.97. The number of aromatic nitrogens is 3. The van der Waals surface area contributed by atoms with E-state index in [4.69, 9.17) is 0 Å². The minimum absolute atomic E-state index is 0.392. The van der Waals surface area contributed by atoms with Crippen molar-refractivity contribution in [2.24, 2.45) is 7.05 Å². The van der Waals surface area contributed by atoms with Gasteiger partial charge in [-0.15, -0.1) is 0 Å². The fourth-order valence-electron chi connectivity index (χ4n) is 2.52. The molecule has 0 amide bonds. The standard InChI is InChI=1S/C16H24N4/c1-5-17-15(10-16-18-11-19-20(16)4)9-14-8-12(2)6-7-13(14)3/h6-8,11,15,17H,5,9-10H2,1-4H3. The summed E-state index contributed by atoms with van der Waals surface area (Å²) in [5.74, 6) is 1.03. The molecular weight excluding hydrogens is 248 g/mol. The normalized spacial score (nSPS) is 12.6. The maximum atomic E-state index is 4.33. The highest BCUT2D eigenvalue weighted by Gasteiger charge is 2.14. The molecule has 1 aromatic carbocycles. The molecule has 4 nitrogen and oxygen atoms in total. The van der Waals surface area contributed by atoms with Crippen molar-refractivity contribution in [1.29, 1.82) is 0 Å². The molecule has 20 heavy (non-hydrogen) atoms. The average molecular weight is 272 g/mol. The fraction of sp³-hybridized carbons (Fsp3) is 0.500. The predicted molar refractivity (Wildman–Crippen MR) is 81.8 cm³/mol. The number of nitrogens with zero attached hydrogens (tertiary/aromatic N) is 3. The fourth-order valence-corrected chi connectivity index (χ4v) is 2.52. The van der Waals surface area contributed by atoms with Crippen LogP contribution in [0.15, 0.2) is 24.5 Å². The Kier molecular flexibility index (Phi) is 4.90. The van der Waals surface area contributed by atoms with Gasteiger partial charge in [-0.25, -0.2) is 4.98 Å². The van der Waals surface area contributed by atoms with Gasteiger partial charge in [0.1, 0.15) is 12.2 Å². The Bertz CT molecular complexity index is 559. The number of nitrogens with one attached hydrogen (secondary N) is 1. The highest BCUT2D eigenvalue weighted by atomic mass is 15.3. The molecule has 0 saturated carbocycles. The lowest BCUT2D eigenvalue weighted by Crippen LogP contribution is -2.34. The largest absolute Gasteiger partial charge is 0.313 e. The van der Waals surface area contributed by atoms with Gasteiger partial charge in [-0.1, -0.05) is 30.7 Å². The Hall–Kier alpha value is -1.68. The Balaban J connectivity index is 2.13. The van der Waals surface area contributed by atoms with E-state index in [0.29, 0.717) is 6.04 Å². The molecule has 108 valence electrons. The highest BCUT2D eigenvalue weighted by molar-refractivity contribution is 5.31. The molecule has 1 aromatic heterocycles. The van der Waals surface area contributed by atoms with Gasteiger partial charge in [-0.3, -0.25) is 4.68 Å². The summed E-state index contributed by atoms with van der Waals surface area (Å²) in [6.07, 6.45) is 3.54. The van der Waals surface area contributed by atoms with E-state index in [1.54, 1.807) is 6.33 Å². The molecule has 0 saturated heterocycles. The highest BCUT2D eigenvalue weighted by Crippen LogP contribution is 2.14. The van der Waals surface area contributed by atoms with Crippen LogP contribution >= 0.6 is 0 Å². The van der Waals surface area contributed by atoms with Crippen LogP contribution in [0.1, 0.15) is 29.4 Å². The Morgan fingerprint density at radius 3 is 2.70 bits per heavy atom. The van der Waals surface area contributed by atoms with E-state index in [2.05, 4.69) is 54.4 Å². The first kappa shape index (κ1) is 14.7. The van der Waals surface area contributed by atoms with Crippen LogP contribution in [-0.4, -0.2) is 27.4 Å². The predicted octanol–water partition coefficient (Wildman–Crippen LogP) is 2.20. The second kappa shape index (κ2) is 6.66. The van der Waals surface area contributed by atoms with Crippen LogP contribution in [0.4, 0.5) is 0 Å². The maximum absolute atomic E-state index is 4.33. The summed E-state index contributed by atoms with van der Waals surface area (Å²) in [6, 6.07) is 7.05. The van der Waals surface area contributed by atoms with Crippen LogP contribution in [0.5, 0.6) is 0 Å².